The van der Waals surface area contributed by atoms with Gasteiger partial charge in [-0.3, -0.25) is 0 Å². The summed E-state index contributed by atoms with van der Waals surface area (Å²) in [6.07, 6.45) is 0.526. The normalized spacial score (nSPS) is 14.9. The number of aromatic nitrogens is 3. The molecule has 0 amide bonds. The van der Waals surface area contributed by atoms with Gasteiger partial charge in [0.25, 0.3) is 0 Å². The van der Waals surface area contributed by atoms with Gasteiger partial charge in [0.1, 0.15) is 5.82 Å². The van der Waals surface area contributed by atoms with Gasteiger partial charge in [-0.25, -0.2) is 4.39 Å². The Morgan fingerprint density at radius 2 is 1.14 bits per heavy atom. The molecule has 3 heterocycles. The SMILES string of the molecule is [2H]C([2H])([2H])c1ccccc1-c1cc(-c2[c-]cc3c(c2)-c2ccc(F)cc2C3(C)C)ncc1C([2H])([2H])C([2H])([2H])c1cc(CC(C)(C)c2ccc(-c3[c-]cccc3)nc2)cc(CC(C)(C)c2ccc(-c3[c-]cccc3)nc2)c1.[Ir+3]. The maximum atomic E-state index is 14.6. The van der Waals surface area contributed by atoms with Crippen LogP contribution in [-0.2, 0) is 61.9 Å². The van der Waals surface area contributed by atoms with E-state index in [1.165, 1.54) is 18.3 Å². The molecule has 0 aliphatic heterocycles. The number of fused-ring (bicyclic) bond motifs is 3. The van der Waals surface area contributed by atoms with Crippen LogP contribution in [0.5, 0.6) is 0 Å². The van der Waals surface area contributed by atoms with Crippen LogP contribution in [0.4, 0.5) is 4.39 Å². The molecule has 6 aromatic carbocycles. The third-order valence-electron chi connectivity index (χ3n) is 13.7. The maximum absolute atomic E-state index is 14.6. The molecule has 0 saturated carbocycles. The van der Waals surface area contributed by atoms with Crippen LogP contribution in [0.15, 0.2) is 170 Å². The van der Waals surface area contributed by atoms with Crippen molar-refractivity contribution < 1.29 is 34.1 Å². The molecule has 1 aliphatic carbocycles. The summed E-state index contributed by atoms with van der Waals surface area (Å²) in [5.41, 5.74) is 10.4. The minimum absolute atomic E-state index is 0. The van der Waals surface area contributed by atoms with Gasteiger partial charge in [-0.1, -0.05) is 126 Å². The van der Waals surface area contributed by atoms with Gasteiger partial charge in [-0.05, 0) is 139 Å². The Morgan fingerprint density at radius 1 is 0.543 bits per heavy atom. The molecular weight excluding hydrogens is 1030 g/mol. The largest absolute Gasteiger partial charge is 3.00 e. The molecule has 0 unspecified atom stereocenters. The molecule has 0 atom stereocenters. The zero-order valence-electron chi connectivity index (χ0n) is 47.1. The number of hydrogen-bond donors (Lipinski definition) is 0. The van der Waals surface area contributed by atoms with Crippen LogP contribution >= 0.6 is 0 Å². The Kier molecular flexibility index (Phi) is 11.2. The predicted molar refractivity (Wildman–Crippen MR) is 281 cm³/mol. The van der Waals surface area contributed by atoms with Crippen LogP contribution < -0.4 is 0 Å². The van der Waals surface area contributed by atoms with Crippen molar-refractivity contribution in [1.29, 1.82) is 0 Å². The molecule has 0 bridgehead atoms. The van der Waals surface area contributed by atoms with Gasteiger partial charge in [0.2, 0.25) is 0 Å². The van der Waals surface area contributed by atoms with Crippen LogP contribution in [-0.4, -0.2) is 15.0 Å². The fourth-order valence-corrected chi connectivity index (χ4v) is 9.85. The summed E-state index contributed by atoms with van der Waals surface area (Å²) in [4.78, 5) is 14.5. The average Bonchev–Trinajstić information content (AvgIpc) is 3.84. The molecule has 10 rings (SSSR count). The van der Waals surface area contributed by atoms with E-state index in [0.29, 0.717) is 24.1 Å². The number of aryl methyl sites for hydroxylation is 3. The zero-order valence-corrected chi connectivity index (χ0v) is 42.5. The molecule has 1 aliphatic rings. The van der Waals surface area contributed by atoms with Gasteiger partial charge < -0.3 is 15.0 Å². The van der Waals surface area contributed by atoms with Crippen molar-refractivity contribution in [2.45, 2.75) is 90.2 Å². The Labute approximate surface area is 437 Å². The van der Waals surface area contributed by atoms with Crippen molar-refractivity contribution in [3.05, 3.63) is 244 Å². The standard InChI is InChI=1S/C65H57FN3.Ir/c1-43-16-14-15-21-54(43)56-37-62(49-24-29-58-57(35-49)55-28-27-53(66)36-59(55)65(58,6)7)67-40-50(56)23-22-44-32-45(38-63(2,3)51-25-30-60(68-41-51)47-17-10-8-11-18-47)34-46(33-44)39-64(4,5)52-26-31-61(69-42-52)48-19-12-9-13-20-48;/h8-17,19,21,25-37,40-42H,22-23,38-39H2,1-7H3;/q-3;+3/i1D3,22D2,23D2;. The summed E-state index contributed by atoms with van der Waals surface area (Å²) in [6.45, 7) is 9.99. The molecule has 0 radical (unpaired) electrons. The Hall–Kier alpha value is -6.65. The average molecular weight is 1100 g/mol. The van der Waals surface area contributed by atoms with E-state index in [4.69, 9.17) is 19.1 Å². The van der Waals surface area contributed by atoms with Gasteiger partial charge in [0.05, 0.1) is 0 Å². The van der Waals surface area contributed by atoms with E-state index in [1.807, 2.05) is 99.0 Å². The van der Waals surface area contributed by atoms with E-state index in [-0.39, 0.29) is 53.7 Å². The first kappa shape index (κ1) is 40.1. The summed E-state index contributed by atoms with van der Waals surface area (Å²) < 4.78 is 80.6. The fraction of sp³-hybridized carbons (Fsp3) is 0.215. The summed E-state index contributed by atoms with van der Waals surface area (Å²) in [7, 11) is 0. The van der Waals surface area contributed by atoms with E-state index in [2.05, 4.69) is 64.1 Å². The van der Waals surface area contributed by atoms with E-state index < -0.39 is 35.8 Å². The predicted octanol–water partition coefficient (Wildman–Crippen LogP) is 15.5. The number of nitrogens with zero attached hydrogens (tertiary/aromatic N) is 3. The second-order valence-electron chi connectivity index (χ2n) is 20.0. The third-order valence-corrected chi connectivity index (χ3v) is 13.7. The minimum Gasteiger partial charge on any atom is -0.304 e. The van der Waals surface area contributed by atoms with Crippen LogP contribution in [0.3, 0.4) is 0 Å². The molecule has 70 heavy (non-hydrogen) atoms. The molecule has 3 aromatic heterocycles. The second-order valence-corrected chi connectivity index (χ2v) is 20.0. The number of pyridine rings is 3. The van der Waals surface area contributed by atoms with Crippen LogP contribution in [0.25, 0.3) is 56.0 Å². The van der Waals surface area contributed by atoms with Gasteiger partial charge in [-0.15, -0.1) is 101 Å². The summed E-state index contributed by atoms with van der Waals surface area (Å²) in [6, 6.07) is 55.7. The molecule has 348 valence electrons. The molecule has 9 aromatic rings. The van der Waals surface area contributed by atoms with E-state index in [9.17, 15) is 9.87 Å². The third kappa shape index (κ3) is 9.88. The van der Waals surface area contributed by atoms with Crippen molar-refractivity contribution in [1.82, 2.24) is 15.0 Å². The van der Waals surface area contributed by atoms with Crippen molar-refractivity contribution in [3.8, 4) is 56.0 Å². The second kappa shape index (κ2) is 19.6. The molecule has 0 N–H and O–H groups in total. The van der Waals surface area contributed by atoms with E-state index in [1.54, 1.807) is 48.5 Å². The van der Waals surface area contributed by atoms with Crippen molar-refractivity contribution in [3.63, 3.8) is 0 Å². The van der Waals surface area contributed by atoms with Crippen LogP contribution in [0.2, 0.25) is 0 Å². The first-order valence-electron chi connectivity index (χ1n) is 26.9. The first-order chi connectivity index (χ1) is 35.9. The van der Waals surface area contributed by atoms with E-state index in [0.717, 1.165) is 67.0 Å². The molecule has 0 fully saturated rings. The monoisotopic (exact) mass is 1100 g/mol. The minimum atomic E-state index is -2.80. The number of rotatable bonds is 13. The zero-order chi connectivity index (χ0) is 54.0. The number of benzene rings is 6. The fourth-order valence-electron chi connectivity index (χ4n) is 9.85. The van der Waals surface area contributed by atoms with Gasteiger partial charge >= 0.3 is 20.1 Å². The smallest absolute Gasteiger partial charge is 0.304 e. The first-order valence-corrected chi connectivity index (χ1v) is 23.4. The van der Waals surface area contributed by atoms with E-state index >= 15 is 0 Å². The summed E-state index contributed by atoms with van der Waals surface area (Å²) in [5.74, 6) is -0.327. The number of hydrogen-bond acceptors (Lipinski definition) is 3. The van der Waals surface area contributed by atoms with Crippen LogP contribution in [0, 0.1) is 30.9 Å². The van der Waals surface area contributed by atoms with Gasteiger partial charge in [-0.2, -0.15) is 0 Å². The molecule has 0 spiro atoms. The summed E-state index contributed by atoms with van der Waals surface area (Å²) in [5, 5.41) is 0. The number of halogens is 1. The topological polar surface area (TPSA) is 38.7 Å². The Bertz CT molecular complexity index is 3500. The Balaban J connectivity index is 0.00000722. The van der Waals surface area contributed by atoms with Crippen LogP contribution in [0.1, 0.15) is 101 Å². The van der Waals surface area contributed by atoms with Crippen molar-refractivity contribution in [2.24, 2.45) is 0 Å². The maximum Gasteiger partial charge on any atom is 3.00 e. The van der Waals surface area contributed by atoms with Crippen molar-refractivity contribution >= 4 is 0 Å². The molecule has 3 nitrogen and oxygen atoms in total. The van der Waals surface area contributed by atoms with Gasteiger partial charge in [0.15, 0.2) is 0 Å². The van der Waals surface area contributed by atoms with Gasteiger partial charge in [0, 0.05) is 28.2 Å². The Morgan fingerprint density at radius 3 is 1.73 bits per heavy atom. The summed E-state index contributed by atoms with van der Waals surface area (Å²) >= 11 is 0. The van der Waals surface area contributed by atoms with Crippen molar-refractivity contribution in [2.75, 3.05) is 0 Å². The molecule has 5 heteroatoms. The quantitative estimate of drug-likeness (QED) is 0.108. The molecule has 0 saturated heterocycles. The molecular formula is C65H57FIrN3.